The summed E-state index contributed by atoms with van der Waals surface area (Å²) < 4.78 is 5.15. The molecule has 94 valence electrons. The molecule has 1 aromatic carbocycles. The van der Waals surface area contributed by atoms with Gasteiger partial charge in [-0.05, 0) is 43.5 Å². The number of hydrogen-bond acceptors (Lipinski definition) is 2. The second-order valence-corrected chi connectivity index (χ2v) is 4.99. The maximum absolute atomic E-state index is 12.0. The van der Waals surface area contributed by atoms with E-state index >= 15 is 0 Å². The molecule has 0 aliphatic heterocycles. The Morgan fingerprint density at radius 2 is 2.39 bits per heavy atom. The van der Waals surface area contributed by atoms with Gasteiger partial charge in [0.1, 0.15) is 0 Å². The van der Waals surface area contributed by atoms with Crippen molar-refractivity contribution < 1.29 is 9.53 Å². The highest BCUT2D eigenvalue weighted by molar-refractivity contribution is 6.31. The topological polar surface area (TPSA) is 42.1 Å². The van der Waals surface area contributed by atoms with Crippen molar-refractivity contribution in [2.24, 2.45) is 0 Å². The van der Waals surface area contributed by atoms with Gasteiger partial charge in [-0.25, -0.2) is 0 Å². The predicted molar refractivity (Wildman–Crippen MR) is 71.0 cm³/mol. The van der Waals surface area contributed by atoms with Gasteiger partial charge in [-0.3, -0.25) is 4.79 Å². The zero-order valence-electron chi connectivity index (χ0n) is 10.1. The molecule has 18 heavy (non-hydrogen) atoms. The van der Waals surface area contributed by atoms with Crippen molar-refractivity contribution in [3.8, 4) is 0 Å². The van der Waals surface area contributed by atoms with E-state index in [1.165, 1.54) is 0 Å². The fraction of sp³-hybridized carbons (Fsp3) is 0.357. The molecule has 0 fully saturated rings. The number of carbonyl (C=O) groups is 1. The number of halogens is 1. The zero-order chi connectivity index (χ0) is 12.7. The summed E-state index contributed by atoms with van der Waals surface area (Å²) in [5, 5.41) is 1.74. The standard InChI is InChI=1S/C14H14ClNO2/c1-2-18-14(17)9-4-6-12-13(9)10-7-8(15)3-5-11(10)16-12/h3,5,7,9,16H,2,4,6H2,1H3/t9-/m0/s1. The third kappa shape index (κ3) is 1.70. The number of benzene rings is 1. The summed E-state index contributed by atoms with van der Waals surface area (Å²) in [6.07, 6.45) is 1.72. The van der Waals surface area contributed by atoms with Crippen LogP contribution in [0.1, 0.15) is 30.5 Å². The van der Waals surface area contributed by atoms with Gasteiger partial charge in [0, 0.05) is 21.6 Å². The summed E-state index contributed by atoms with van der Waals surface area (Å²) in [6, 6.07) is 5.73. The summed E-state index contributed by atoms with van der Waals surface area (Å²) in [5.41, 5.74) is 3.26. The SMILES string of the molecule is CCOC(=O)[C@H]1CCc2[nH]c3ccc(Cl)cc3c21. The summed E-state index contributed by atoms with van der Waals surface area (Å²) >= 11 is 6.04. The highest BCUT2D eigenvalue weighted by atomic mass is 35.5. The van der Waals surface area contributed by atoms with E-state index in [9.17, 15) is 4.79 Å². The molecule has 0 saturated heterocycles. The second kappa shape index (κ2) is 4.32. The first kappa shape index (κ1) is 11.6. The van der Waals surface area contributed by atoms with Crippen molar-refractivity contribution in [3.63, 3.8) is 0 Å². The highest BCUT2D eigenvalue weighted by Gasteiger charge is 2.33. The molecule has 1 aliphatic rings. The van der Waals surface area contributed by atoms with Gasteiger partial charge in [0.15, 0.2) is 0 Å². The van der Waals surface area contributed by atoms with Crippen molar-refractivity contribution in [2.75, 3.05) is 6.61 Å². The van der Waals surface area contributed by atoms with Gasteiger partial charge < -0.3 is 9.72 Å². The number of aromatic nitrogens is 1. The first-order chi connectivity index (χ1) is 8.70. The van der Waals surface area contributed by atoms with Crippen LogP contribution in [-0.4, -0.2) is 17.6 Å². The third-order valence-electron chi connectivity index (χ3n) is 3.49. The predicted octanol–water partition coefficient (Wildman–Crippen LogP) is 3.41. The van der Waals surface area contributed by atoms with E-state index in [1.807, 2.05) is 25.1 Å². The van der Waals surface area contributed by atoms with Crippen LogP contribution in [-0.2, 0) is 16.0 Å². The van der Waals surface area contributed by atoms with Crippen molar-refractivity contribution in [2.45, 2.75) is 25.7 Å². The van der Waals surface area contributed by atoms with Gasteiger partial charge in [-0.1, -0.05) is 11.6 Å². The Morgan fingerprint density at radius 1 is 1.56 bits per heavy atom. The van der Waals surface area contributed by atoms with Gasteiger partial charge in [-0.2, -0.15) is 0 Å². The maximum Gasteiger partial charge on any atom is 0.313 e. The quantitative estimate of drug-likeness (QED) is 0.844. The lowest BCUT2D eigenvalue weighted by Gasteiger charge is -2.09. The number of ether oxygens (including phenoxy) is 1. The lowest BCUT2D eigenvalue weighted by atomic mass is 10.0. The van der Waals surface area contributed by atoms with E-state index in [2.05, 4.69) is 4.98 Å². The first-order valence-electron chi connectivity index (χ1n) is 6.17. The van der Waals surface area contributed by atoms with Gasteiger partial charge >= 0.3 is 5.97 Å². The minimum absolute atomic E-state index is 0.128. The van der Waals surface area contributed by atoms with Crippen LogP contribution >= 0.6 is 11.6 Å². The van der Waals surface area contributed by atoms with Crippen molar-refractivity contribution in [1.82, 2.24) is 4.98 Å². The fourth-order valence-electron chi connectivity index (χ4n) is 2.75. The molecule has 0 bridgehead atoms. The lowest BCUT2D eigenvalue weighted by molar-refractivity contribution is -0.144. The fourth-order valence-corrected chi connectivity index (χ4v) is 2.92. The normalized spacial score (nSPS) is 18.0. The van der Waals surface area contributed by atoms with Crippen LogP contribution < -0.4 is 0 Å². The largest absolute Gasteiger partial charge is 0.466 e. The smallest absolute Gasteiger partial charge is 0.313 e. The number of H-pyrrole nitrogens is 1. The monoisotopic (exact) mass is 263 g/mol. The molecule has 1 aliphatic carbocycles. The molecule has 0 radical (unpaired) electrons. The van der Waals surface area contributed by atoms with Crippen molar-refractivity contribution in [3.05, 3.63) is 34.5 Å². The van der Waals surface area contributed by atoms with Crippen LogP contribution in [0.5, 0.6) is 0 Å². The summed E-state index contributed by atoms with van der Waals surface area (Å²) in [6.45, 7) is 2.26. The Labute approximate surface area is 110 Å². The molecule has 1 heterocycles. The van der Waals surface area contributed by atoms with Crippen LogP contribution in [0.15, 0.2) is 18.2 Å². The van der Waals surface area contributed by atoms with E-state index in [0.717, 1.165) is 35.0 Å². The van der Waals surface area contributed by atoms with E-state index < -0.39 is 0 Å². The van der Waals surface area contributed by atoms with Crippen molar-refractivity contribution in [1.29, 1.82) is 0 Å². The molecule has 1 aromatic heterocycles. The maximum atomic E-state index is 12.0. The number of aromatic amines is 1. The summed E-state index contributed by atoms with van der Waals surface area (Å²) in [7, 11) is 0. The number of rotatable bonds is 2. The molecule has 3 nitrogen and oxygen atoms in total. The molecule has 0 amide bonds. The summed E-state index contributed by atoms with van der Waals surface area (Å²) in [5.74, 6) is -0.274. The number of carbonyl (C=O) groups excluding carboxylic acids is 1. The molecule has 0 spiro atoms. The number of esters is 1. The van der Waals surface area contributed by atoms with Crippen LogP contribution in [0.25, 0.3) is 10.9 Å². The van der Waals surface area contributed by atoms with Gasteiger partial charge in [0.25, 0.3) is 0 Å². The molecular weight excluding hydrogens is 250 g/mol. The Kier molecular flexibility index (Phi) is 2.78. The average Bonchev–Trinajstić information content (AvgIpc) is 2.88. The Hall–Kier alpha value is -1.48. The van der Waals surface area contributed by atoms with Gasteiger partial charge in [0.2, 0.25) is 0 Å². The molecule has 0 unspecified atom stereocenters. The Balaban J connectivity index is 2.11. The van der Waals surface area contributed by atoms with Crippen LogP contribution in [0.3, 0.4) is 0 Å². The molecule has 3 rings (SSSR count). The number of fused-ring (bicyclic) bond motifs is 3. The van der Waals surface area contributed by atoms with Crippen LogP contribution in [0.4, 0.5) is 0 Å². The molecule has 0 saturated carbocycles. The van der Waals surface area contributed by atoms with E-state index in [1.54, 1.807) is 0 Å². The molecule has 2 aromatic rings. The van der Waals surface area contributed by atoms with Gasteiger partial charge in [0.05, 0.1) is 12.5 Å². The second-order valence-electron chi connectivity index (χ2n) is 4.55. The third-order valence-corrected chi connectivity index (χ3v) is 3.72. The molecule has 4 heteroatoms. The Morgan fingerprint density at radius 3 is 3.17 bits per heavy atom. The van der Waals surface area contributed by atoms with E-state index in [4.69, 9.17) is 16.3 Å². The Bertz CT molecular complexity index is 618. The van der Waals surface area contributed by atoms with Crippen molar-refractivity contribution >= 4 is 28.5 Å². The van der Waals surface area contributed by atoms with Crippen LogP contribution in [0, 0.1) is 0 Å². The van der Waals surface area contributed by atoms with E-state index in [0.29, 0.717) is 11.6 Å². The molecule has 1 N–H and O–H groups in total. The number of nitrogens with one attached hydrogen (secondary N) is 1. The molecule has 1 atom stereocenters. The van der Waals surface area contributed by atoms with Gasteiger partial charge in [-0.15, -0.1) is 0 Å². The highest BCUT2D eigenvalue weighted by Crippen LogP contribution is 2.39. The number of aryl methyl sites for hydroxylation is 1. The first-order valence-corrected chi connectivity index (χ1v) is 6.55. The molecular formula is C14H14ClNO2. The minimum Gasteiger partial charge on any atom is -0.466 e. The van der Waals surface area contributed by atoms with E-state index in [-0.39, 0.29) is 11.9 Å². The number of hydrogen-bond donors (Lipinski definition) is 1. The zero-order valence-corrected chi connectivity index (χ0v) is 10.9. The summed E-state index contributed by atoms with van der Waals surface area (Å²) in [4.78, 5) is 15.3. The van der Waals surface area contributed by atoms with Crippen LogP contribution in [0.2, 0.25) is 5.02 Å². The average molecular weight is 264 g/mol. The minimum atomic E-state index is -0.146. The lowest BCUT2D eigenvalue weighted by Crippen LogP contribution is -2.13.